The van der Waals surface area contributed by atoms with E-state index < -0.39 is 23.4 Å². The maximum atomic E-state index is 12.0. The molecule has 0 aromatic carbocycles. The number of aromatic nitrogens is 4. The second kappa shape index (κ2) is 10.5. The molecular weight excluding hydrogens is 464 g/mol. The van der Waals surface area contributed by atoms with Crippen LogP contribution in [0.4, 0.5) is 21.2 Å². The molecule has 0 saturated heterocycles. The molecule has 5 N–H and O–H groups in total. The van der Waals surface area contributed by atoms with Crippen molar-refractivity contribution in [3.8, 4) is 0 Å². The lowest BCUT2D eigenvalue weighted by molar-refractivity contribution is 0.0507. The fraction of sp³-hybridized carbons (Fsp3) is 0.667. The first-order chi connectivity index (χ1) is 16.7. The van der Waals surface area contributed by atoms with Crippen LogP contribution in [0.3, 0.4) is 0 Å². The topological polar surface area (TPSA) is 156 Å². The third-order valence-electron chi connectivity index (χ3n) is 5.69. The Bertz CT molecular complexity index is 1110. The molecule has 12 nitrogen and oxygen atoms in total. The SMILES string of the molecule is CC(C)(C)OC(=O)n1nc2c(c1N)CCNC2.CCN1CCc2c(nn(C(=O)OC(C)(C)C)c2N)C1. The quantitative estimate of drug-likeness (QED) is 0.527. The molecule has 2 aliphatic heterocycles. The lowest BCUT2D eigenvalue weighted by Gasteiger charge is -2.24. The Morgan fingerprint density at radius 2 is 1.39 bits per heavy atom. The summed E-state index contributed by atoms with van der Waals surface area (Å²) < 4.78 is 12.9. The number of ether oxygens (including phenoxy) is 2. The Balaban J connectivity index is 0.000000202. The lowest BCUT2D eigenvalue weighted by atomic mass is 10.1. The number of nitrogens with zero attached hydrogens (tertiary/aromatic N) is 5. The van der Waals surface area contributed by atoms with Gasteiger partial charge >= 0.3 is 12.2 Å². The number of anilines is 2. The maximum absolute atomic E-state index is 12.0. The Morgan fingerprint density at radius 1 is 0.889 bits per heavy atom. The van der Waals surface area contributed by atoms with Gasteiger partial charge in [0.1, 0.15) is 22.8 Å². The average molecular weight is 505 g/mol. The molecule has 4 heterocycles. The van der Waals surface area contributed by atoms with E-state index >= 15 is 0 Å². The number of hydrogen-bond acceptors (Lipinski definition) is 10. The van der Waals surface area contributed by atoms with Gasteiger partial charge in [-0.1, -0.05) is 6.92 Å². The molecule has 0 saturated carbocycles. The molecule has 0 spiro atoms. The third-order valence-corrected chi connectivity index (χ3v) is 5.69. The summed E-state index contributed by atoms with van der Waals surface area (Å²) in [6, 6.07) is 0. The van der Waals surface area contributed by atoms with Crippen molar-refractivity contribution in [2.45, 2.75) is 85.6 Å². The molecule has 0 atom stereocenters. The van der Waals surface area contributed by atoms with Gasteiger partial charge in [0.15, 0.2) is 0 Å². The minimum absolute atomic E-state index is 0.399. The van der Waals surface area contributed by atoms with Crippen LogP contribution in [0.2, 0.25) is 0 Å². The number of rotatable bonds is 1. The summed E-state index contributed by atoms with van der Waals surface area (Å²) >= 11 is 0. The zero-order valence-corrected chi connectivity index (χ0v) is 22.5. The molecule has 0 unspecified atom stereocenters. The standard InChI is InChI=1S/C13H22N4O2.C11H18N4O2/c1-5-16-7-6-9-10(8-16)15-17(11(9)14)12(18)19-13(2,3)4;1-11(2,3)17-10(16)15-9(12)7-4-5-13-6-8(7)14-15/h5-8,14H2,1-4H3;13H,4-6,12H2,1-3H3. The van der Waals surface area contributed by atoms with Crippen molar-refractivity contribution < 1.29 is 19.1 Å². The van der Waals surface area contributed by atoms with Crippen molar-refractivity contribution in [2.75, 3.05) is 31.1 Å². The van der Waals surface area contributed by atoms with Crippen molar-refractivity contribution in [3.05, 3.63) is 22.5 Å². The molecule has 2 aromatic rings. The highest BCUT2D eigenvalue weighted by Gasteiger charge is 2.28. The van der Waals surface area contributed by atoms with E-state index in [2.05, 4.69) is 27.3 Å². The molecule has 0 bridgehead atoms. The first-order valence-corrected chi connectivity index (χ1v) is 12.3. The Morgan fingerprint density at radius 3 is 1.86 bits per heavy atom. The first kappa shape index (κ1) is 27.5. The van der Waals surface area contributed by atoms with Crippen LogP contribution in [0.1, 0.15) is 71.0 Å². The Labute approximate surface area is 212 Å². The molecule has 0 aliphatic carbocycles. The summed E-state index contributed by atoms with van der Waals surface area (Å²) in [5.74, 6) is 0.816. The molecule has 36 heavy (non-hydrogen) atoms. The van der Waals surface area contributed by atoms with E-state index in [-0.39, 0.29) is 0 Å². The zero-order valence-electron chi connectivity index (χ0n) is 22.5. The van der Waals surface area contributed by atoms with Gasteiger partial charge in [0.2, 0.25) is 0 Å². The highest BCUT2D eigenvalue weighted by atomic mass is 16.6. The van der Waals surface area contributed by atoms with E-state index in [1.807, 2.05) is 41.5 Å². The van der Waals surface area contributed by atoms with Gasteiger partial charge in [0.25, 0.3) is 0 Å². The van der Waals surface area contributed by atoms with Gasteiger partial charge < -0.3 is 26.3 Å². The summed E-state index contributed by atoms with van der Waals surface area (Å²) in [6.45, 7) is 17.2. The molecule has 4 rings (SSSR count). The minimum Gasteiger partial charge on any atom is -0.442 e. The average Bonchev–Trinajstić information content (AvgIpc) is 3.29. The predicted octanol–water partition coefficient (Wildman–Crippen LogP) is 2.52. The summed E-state index contributed by atoms with van der Waals surface area (Å²) in [7, 11) is 0. The van der Waals surface area contributed by atoms with E-state index in [1.165, 1.54) is 4.68 Å². The maximum Gasteiger partial charge on any atom is 0.437 e. The monoisotopic (exact) mass is 504 g/mol. The van der Waals surface area contributed by atoms with Crippen molar-refractivity contribution in [2.24, 2.45) is 0 Å². The van der Waals surface area contributed by atoms with Crippen LogP contribution in [0.5, 0.6) is 0 Å². The number of nitrogens with one attached hydrogen (secondary N) is 1. The number of likely N-dealkylation sites (N-methyl/N-ethyl adjacent to an activating group) is 1. The van der Waals surface area contributed by atoms with Crippen LogP contribution in [0.15, 0.2) is 0 Å². The van der Waals surface area contributed by atoms with Gasteiger partial charge in [-0.05, 0) is 67.5 Å². The van der Waals surface area contributed by atoms with Gasteiger partial charge in [0.05, 0.1) is 11.4 Å². The summed E-state index contributed by atoms with van der Waals surface area (Å²) in [4.78, 5) is 26.2. The number of nitrogen functional groups attached to an aromatic ring is 2. The molecule has 0 radical (unpaired) electrons. The molecule has 200 valence electrons. The molecule has 0 fully saturated rings. The van der Waals surface area contributed by atoms with Crippen molar-refractivity contribution >= 4 is 23.8 Å². The summed E-state index contributed by atoms with van der Waals surface area (Å²) in [5, 5.41) is 11.7. The van der Waals surface area contributed by atoms with Gasteiger partial charge in [-0.25, -0.2) is 9.59 Å². The van der Waals surface area contributed by atoms with E-state index in [4.69, 9.17) is 20.9 Å². The number of carbonyl (C=O) groups is 2. The van der Waals surface area contributed by atoms with Crippen LogP contribution < -0.4 is 16.8 Å². The van der Waals surface area contributed by atoms with E-state index in [9.17, 15) is 9.59 Å². The molecule has 12 heteroatoms. The molecule has 0 amide bonds. The first-order valence-electron chi connectivity index (χ1n) is 12.3. The highest BCUT2D eigenvalue weighted by Crippen LogP contribution is 2.25. The van der Waals surface area contributed by atoms with E-state index in [0.29, 0.717) is 18.2 Å². The van der Waals surface area contributed by atoms with E-state index in [0.717, 1.165) is 66.2 Å². The van der Waals surface area contributed by atoms with Gasteiger partial charge in [-0.2, -0.15) is 10.2 Å². The molecular formula is C24H40N8O4. The Hall–Kier alpha value is -3.12. The van der Waals surface area contributed by atoms with Crippen LogP contribution in [0, 0.1) is 0 Å². The fourth-order valence-electron chi connectivity index (χ4n) is 3.97. The third kappa shape index (κ3) is 6.55. The van der Waals surface area contributed by atoms with Gasteiger partial charge in [0, 0.05) is 30.8 Å². The van der Waals surface area contributed by atoms with Gasteiger partial charge in [-0.3, -0.25) is 4.90 Å². The second-order valence-electron chi connectivity index (χ2n) is 11.0. The molecule has 2 aliphatic rings. The van der Waals surface area contributed by atoms with Crippen LogP contribution in [-0.2, 0) is 35.4 Å². The zero-order chi connectivity index (χ0) is 26.8. The number of carbonyl (C=O) groups excluding carboxylic acids is 2. The predicted molar refractivity (Wildman–Crippen MR) is 137 cm³/mol. The normalized spacial score (nSPS) is 15.9. The van der Waals surface area contributed by atoms with Crippen LogP contribution >= 0.6 is 0 Å². The summed E-state index contributed by atoms with van der Waals surface area (Å²) in [5.41, 5.74) is 14.5. The number of fused-ring (bicyclic) bond motifs is 2. The van der Waals surface area contributed by atoms with Crippen molar-refractivity contribution in [1.82, 2.24) is 29.8 Å². The largest absolute Gasteiger partial charge is 0.442 e. The lowest BCUT2D eigenvalue weighted by Crippen LogP contribution is -2.30. The number of nitrogens with two attached hydrogens (primary N) is 2. The van der Waals surface area contributed by atoms with Gasteiger partial charge in [-0.15, -0.1) is 9.36 Å². The highest BCUT2D eigenvalue weighted by molar-refractivity contribution is 5.75. The molecule has 2 aromatic heterocycles. The second-order valence-corrected chi connectivity index (χ2v) is 11.0. The fourth-order valence-corrected chi connectivity index (χ4v) is 3.97. The smallest absolute Gasteiger partial charge is 0.437 e. The van der Waals surface area contributed by atoms with Crippen molar-refractivity contribution in [1.29, 1.82) is 0 Å². The van der Waals surface area contributed by atoms with Crippen LogP contribution in [-0.4, -0.2) is 67.5 Å². The number of hydrogen-bond donors (Lipinski definition) is 3. The van der Waals surface area contributed by atoms with Crippen LogP contribution in [0.25, 0.3) is 0 Å². The summed E-state index contributed by atoms with van der Waals surface area (Å²) in [6.07, 6.45) is 0.591. The minimum atomic E-state index is -0.550. The van der Waals surface area contributed by atoms with Crippen molar-refractivity contribution in [3.63, 3.8) is 0 Å². The Kier molecular flexibility index (Phi) is 7.99. The van der Waals surface area contributed by atoms with E-state index in [1.54, 1.807) is 0 Å².